The molecule has 1 heterocycles. The van der Waals surface area contributed by atoms with E-state index < -0.39 is 27.3 Å². The molecule has 0 aliphatic rings. The molecule has 0 fully saturated rings. The first kappa shape index (κ1) is 16.6. The van der Waals surface area contributed by atoms with Gasteiger partial charge >= 0.3 is 0 Å². The Bertz CT molecular complexity index is 717. The van der Waals surface area contributed by atoms with Gasteiger partial charge in [0.25, 0.3) is 0 Å². The number of aliphatic hydroxyl groups is 1. The second kappa shape index (κ2) is 6.97. The third-order valence-corrected chi connectivity index (χ3v) is 5.64. The van der Waals surface area contributed by atoms with E-state index >= 15 is 0 Å². The molecular weight excluding hydrogens is 381 g/mol. The monoisotopic (exact) mass is 393 g/mol. The lowest BCUT2D eigenvalue weighted by Gasteiger charge is -2.10. The highest BCUT2D eigenvalue weighted by atomic mass is 79.9. The molecule has 0 unspecified atom stereocenters. The van der Waals surface area contributed by atoms with Crippen LogP contribution in [0.25, 0.3) is 0 Å². The standard InChI is InChI=1S/C13H13BrFNO3S2/c14-10-6-9(8-17)13(15)12(7-10)21(18,19)16-4-3-11-2-1-5-20-11/h1-2,5-7,16-17H,3-4,8H2. The molecule has 114 valence electrons. The number of hydrogen-bond donors (Lipinski definition) is 2. The number of hydrogen-bond acceptors (Lipinski definition) is 4. The largest absolute Gasteiger partial charge is 0.392 e. The molecule has 8 heteroatoms. The number of benzene rings is 1. The van der Waals surface area contributed by atoms with Crippen molar-refractivity contribution in [2.75, 3.05) is 6.54 Å². The predicted molar refractivity (Wildman–Crippen MR) is 83.2 cm³/mol. The van der Waals surface area contributed by atoms with E-state index in [0.717, 1.165) is 4.88 Å². The lowest BCUT2D eigenvalue weighted by atomic mass is 10.2. The van der Waals surface area contributed by atoms with Gasteiger partial charge in [-0.3, -0.25) is 0 Å². The molecule has 2 aromatic rings. The molecule has 0 atom stereocenters. The Morgan fingerprint density at radius 2 is 2.14 bits per heavy atom. The van der Waals surface area contributed by atoms with Crippen LogP contribution in [-0.4, -0.2) is 20.1 Å². The van der Waals surface area contributed by atoms with Crippen LogP contribution in [0.4, 0.5) is 4.39 Å². The molecule has 0 amide bonds. The second-order valence-corrected chi connectivity index (χ2v) is 7.95. The fourth-order valence-electron chi connectivity index (χ4n) is 1.77. The van der Waals surface area contributed by atoms with E-state index in [1.807, 2.05) is 17.5 Å². The van der Waals surface area contributed by atoms with E-state index in [9.17, 15) is 12.8 Å². The van der Waals surface area contributed by atoms with Gasteiger partial charge in [0, 0.05) is 21.5 Å². The van der Waals surface area contributed by atoms with E-state index in [1.54, 1.807) is 0 Å². The summed E-state index contributed by atoms with van der Waals surface area (Å²) in [6.45, 7) is -0.383. The Labute approximate surface area is 134 Å². The van der Waals surface area contributed by atoms with Crippen molar-refractivity contribution in [3.05, 3.63) is 50.4 Å². The van der Waals surface area contributed by atoms with Gasteiger partial charge in [-0.1, -0.05) is 22.0 Å². The maximum absolute atomic E-state index is 14.1. The fourth-order valence-corrected chi connectivity index (χ4v) is 4.31. The van der Waals surface area contributed by atoms with Crippen LogP contribution < -0.4 is 4.72 Å². The Balaban J connectivity index is 2.17. The minimum absolute atomic E-state index is 0.0667. The number of halogens is 2. The van der Waals surface area contributed by atoms with E-state index in [4.69, 9.17) is 5.11 Å². The summed E-state index contributed by atoms with van der Waals surface area (Å²) in [5, 5.41) is 11.0. The molecule has 1 aromatic carbocycles. The number of nitrogens with one attached hydrogen (secondary N) is 1. The van der Waals surface area contributed by atoms with Gasteiger partial charge in [-0.05, 0) is 30.0 Å². The van der Waals surface area contributed by atoms with Gasteiger partial charge in [0.1, 0.15) is 10.7 Å². The van der Waals surface area contributed by atoms with Crippen molar-refractivity contribution >= 4 is 37.3 Å². The molecule has 0 saturated carbocycles. The first-order valence-corrected chi connectivity index (χ1v) is 9.20. The highest BCUT2D eigenvalue weighted by molar-refractivity contribution is 9.10. The van der Waals surface area contributed by atoms with Gasteiger partial charge in [-0.15, -0.1) is 11.3 Å². The molecule has 4 nitrogen and oxygen atoms in total. The Kier molecular flexibility index (Phi) is 5.50. The number of aliphatic hydroxyl groups excluding tert-OH is 1. The number of sulfonamides is 1. The van der Waals surface area contributed by atoms with Crippen molar-refractivity contribution in [2.45, 2.75) is 17.9 Å². The molecule has 0 aliphatic carbocycles. The van der Waals surface area contributed by atoms with Crippen LogP contribution in [0, 0.1) is 5.82 Å². The molecule has 0 spiro atoms. The molecule has 0 radical (unpaired) electrons. The van der Waals surface area contributed by atoms with Crippen LogP contribution in [0.5, 0.6) is 0 Å². The van der Waals surface area contributed by atoms with Gasteiger partial charge in [0.05, 0.1) is 6.61 Å². The Morgan fingerprint density at radius 3 is 2.76 bits per heavy atom. The van der Waals surface area contributed by atoms with Crippen LogP contribution in [-0.2, 0) is 23.1 Å². The van der Waals surface area contributed by atoms with Gasteiger partial charge in [-0.2, -0.15) is 0 Å². The summed E-state index contributed by atoms with van der Waals surface area (Å²) in [6.07, 6.45) is 0.541. The van der Waals surface area contributed by atoms with Crippen molar-refractivity contribution in [2.24, 2.45) is 0 Å². The third kappa shape index (κ3) is 4.10. The summed E-state index contributed by atoms with van der Waals surface area (Å²) in [5.41, 5.74) is -0.0667. The normalized spacial score (nSPS) is 11.8. The molecule has 0 saturated heterocycles. The summed E-state index contributed by atoms with van der Waals surface area (Å²) in [4.78, 5) is 0.579. The van der Waals surface area contributed by atoms with Gasteiger partial charge < -0.3 is 5.11 Å². The van der Waals surface area contributed by atoms with Crippen molar-refractivity contribution in [3.8, 4) is 0 Å². The number of rotatable bonds is 6. The van der Waals surface area contributed by atoms with Crippen molar-refractivity contribution < 1.29 is 17.9 Å². The first-order valence-electron chi connectivity index (χ1n) is 6.05. The zero-order valence-corrected chi connectivity index (χ0v) is 14.1. The minimum atomic E-state index is -3.96. The second-order valence-electron chi connectivity index (χ2n) is 4.26. The molecule has 0 bridgehead atoms. The van der Waals surface area contributed by atoms with E-state index in [1.165, 1.54) is 23.5 Å². The van der Waals surface area contributed by atoms with E-state index in [0.29, 0.717) is 10.9 Å². The first-order chi connectivity index (χ1) is 9.94. The third-order valence-electron chi connectivity index (χ3n) is 2.78. The van der Waals surface area contributed by atoms with Crippen LogP contribution in [0.3, 0.4) is 0 Å². The SMILES string of the molecule is O=S(=O)(NCCc1cccs1)c1cc(Br)cc(CO)c1F. The fraction of sp³-hybridized carbons (Fsp3) is 0.231. The Hall–Kier alpha value is -0.800. The van der Waals surface area contributed by atoms with Crippen LogP contribution >= 0.6 is 27.3 Å². The summed E-state index contributed by atoms with van der Waals surface area (Å²) >= 11 is 4.64. The van der Waals surface area contributed by atoms with E-state index in [2.05, 4.69) is 20.7 Å². The molecule has 2 N–H and O–H groups in total. The zero-order valence-electron chi connectivity index (χ0n) is 10.8. The molecule has 1 aromatic heterocycles. The van der Waals surface area contributed by atoms with Crippen LogP contribution in [0.1, 0.15) is 10.4 Å². The average molecular weight is 394 g/mol. The summed E-state index contributed by atoms with van der Waals surface area (Å²) in [5.74, 6) is -0.927. The van der Waals surface area contributed by atoms with E-state index in [-0.39, 0.29) is 12.1 Å². The van der Waals surface area contributed by atoms with Crippen LogP contribution in [0.2, 0.25) is 0 Å². The summed E-state index contributed by atoms with van der Waals surface area (Å²) in [6, 6.07) is 6.32. The summed E-state index contributed by atoms with van der Waals surface area (Å²) in [7, 11) is -3.96. The summed E-state index contributed by atoms with van der Waals surface area (Å²) < 4.78 is 41.1. The van der Waals surface area contributed by atoms with Gasteiger partial charge in [-0.25, -0.2) is 17.5 Å². The Morgan fingerprint density at radius 1 is 1.38 bits per heavy atom. The maximum Gasteiger partial charge on any atom is 0.243 e. The van der Waals surface area contributed by atoms with Gasteiger partial charge in [0.15, 0.2) is 0 Å². The topological polar surface area (TPSA) is 66.4 Å². The molecule has 2 rings (SSSR count). The lowest BCUT2D eigenvalue weighted by Crippen LogP contribution is -2.27. The lowest BCUT2D eigenvalue weighted by molar-refractivity contribution is 0.274. The minimum Gasteiger partial charge on any atom is -0.392 e. The highest BCUT2D eigenvalue weighted by Crippen LogP contribution is 2.24. The predicted octanol–water partition coefficient (Wildman–Crippen LogP) is 2.66. The average Bonchev–Trinajstić information content (AvgIpc) is 2.93. The smallest absolute Gasteiger partial charge is 0.243 e. The van der Waals surface area contributed by atoms with Crippen molar-refractivity contribution in [1.82, 2.24) is 4.72 Å². The van der Waals surface area contributed by atoms with Crippen molar-refractivity contribution in [3.63, 3.8) is 0 Å². The van der Waals surface area contributed by atoms with Crippen LogP contribution in [0.15, 0.2) is 39.0 Å². The van der Waals surface area contributed by atoms with Crippen molar-refractivity contribution in [1.29, 1.82) is 0 Å². The maximum atomic E-state index is 14.1. The quantitative estimate of drug-likeness (QED) is 0.792. The molecular formula is C13H13BrFNO3S2. The molecule has 0 aliphatic heterocycles. The molecule has 21 heavy (non-hydrogen) atoms. The highest BCUT2D eigenvalue weighted by Gasteiger charge is 2.21. The van der Waals surface area contributed by atoms with Gasteiger partial charge in [0.2, 0.25) is 10.0 Å². The zero-order chi connectivity index (χ0) is 15.5. The number of thiophene rings is 1.